The van der Waals surface area contributed by atoms with Crippen LogP contribution in [0.1, 0.15) is 18.1 Å². The van der Waals surface area contributed by atoms with Crippen LogP contribution in [0.4, 0.5) is 8.78 Å². The quantitative estimate of drug-likeness (QED) is 0.770. The standard InChI is InChI=1S/C17H16BrF2NO/c1-2-21(11-13-10-14(18)6-7-16(13)20)17(22)9-12-4-3-5-15(19)8-12/h3-8,10H,2,9,11H2,1H3. The summed E-state index contributed by atoms with van der Waals surface area (Å²) >= 11 is 3.30. The van der Waals surface area contributed by atoms with E-state index in [-0.39, 0.29) is 30.5 Å². The van der Waals surface area contributed by atoms with Crippen molar-refractivity contribution in [2.45, 2.75) is 19.9 Å². The van der Waals surface area contributed by atoms with Crippen LogP contribution in [0.25, 0.3) is 0 Å². The Morgan fingerprint density at radius 1 is 1.18 bits per heavy atom. The monoisotopic (exact) mass is 367 g/mol. The molecule has 5 heteroatoms. The summed E-state index contributed by atoms with van der Waals surface area (Å²) in [5.74, 6) is -0.876. The zero-order chi connectivity index (χ0) is 16.1. The maximum absolute atomic E-state index is 13.8. The number of likely N-dealkylation sites (N-methyl/N-ethyl adjacent to an activating group) is 1. The zero-order valence-electron chi connectivity index (χ0n) is 12.2. The lowest BCUT2D eigenvalue weighted by Gasteiger charge is -2.21. The first-order valence-corrected chi connectivity index (χ1v) is 7.75. The molecular formula is C17H16BrF2NO. The molecular weight excluding hydrogens is 352 g/mol. The predicted octanol–water partition coefficient (Wildman–Crippen LogP) is 4.32. The summed E-state index contributed by atoms with van der Waals surface area (Å²) in [5.41, 5.74) is 1.06. The minimum Gasteiger partial charge on any atom is -0.338 e. The Kier molecular flexibility index (Phi) is 5.66. The van der Waals surface area contributed by atoms with Crippen molar-refractivity contribution in [1.82, 2.24) is 4.90 Å². The molecule has 0 bridgehead atoms. The molecule has 0 saturated heterocycles. The van der Waals surface area contributed by atoms with Crippen LogP contribution >= 0.6 is 15.9 Å². The maximum Gasteiger partial charge on any atom is 0.227 e. The molecule has 0 unspecified atom stereocenters. The Balaban J connectivity index is 2.10. The van der Waals surface area contributed by atoms with Crippen molar-refractivity contribution >= 4 is 21.8 Å². The minimum atomic E-state index is -0.369. The highest BCUT2D eigenvalue weighted by molar-refractivity contribution is 9.10. The summed E-state index contributed by atoms with van der Waals surface area (Å²) in [4.78, 5) is 13.9. The van der Waals surface area contributed by atoms with Crippen LogP contribution in [0.15, 0.2) is 46.9 Å². The summed E-state index contributed by atoms with van der Waals surface area (Å²) < 4.78 is 27.7. The Morgan fingerprint density at radius 2 is 1.95 bits per heavy atom. The van der Waals surface area contributed by atoms with E-state index < -0.39 is 0 Å². The van der Waals surface area contributed by atoms with Crippen molar-refractivity contribution in [2.75, 3.05) is 6.54 Å². The van der Waals surface area contributed by atoms with Crippen molar-refractivity contribution < 1.29 is 13.6 Å². The van der Waals surface area contributed by atoms with Crippen LogP contribution in [0, 0.1) is 11.6 Å². The average Bonchev–Trinajstić information content (AvgIpc) is 2.48. The molecule has 0 radical (unpaired) electrons. The number of carbonyl (C=O) groups excluding carboxylic acids is 1. The molecule has 0 aliphatic heterocycles. The number of rotatable bonds is 5. The highest BCUT2D eigenvalue weighted by Gasteiger charge is 2.15. The van der Waals surface area contributed by atoms with Gasteiger partial charge in [0.15, 0.2) is 0 Å². The van der Waals surface area contributed by atoms with Gasteiger partial charge in [-0.05, 0) is 42.8 Å². The van der Waals surface area contributed by atoms with Gasteiger partial charge in [0.2, 0.25) is 5.91 Å². The minimum absolute atomic E-state index is 0.0984. The van der Waals surface area contributed by atoms with Crippen LogP contribution < -0.4 is 0 Å². The topological polar surface area (TPSA) is 20.3 Å². The molecule has 0 saturated carbocycles. The van der Waals surface area contributed by atoms with Crippen LogP contribution in [0.5, 0.6) is 0 Å². The third-order valence-corrected chi connectivity index (χ3v) is 3.84. The van der Waals surface area contributed by atoms with E-state index in [1.165, 1.54) is 18.2 Å². The number of halogens is 3. The molecule has 0 fully saturated rings. The van der Waals surface area contributed by atoms with Crippen LogP contribution in [-0.2, 0) is 17.8 Å². The molecule has 0 heterocycles. The number of hydrogen-bond donors (Lipinski definition) is 0. The van der Waals surface area contributed by atoms with E-state index in [1.807, 2.05) is 6.92 Å². The van der Waals surface area contributed by atoms with Crippen molar-refractivity contribution in [2.24, 2.45) is 0 Å². The molecule has 0 aliphatic rings. The third-order valence-electron chi connectivity index (χ3n) is 3.35. The smallest absolute Gasteiger partial charge is 0.227 e. The lowest BCUT2D eigenvalue weighted by atomic mass is 10.1. The molecule has 0 N–H and O–H groups in total. The van der Waals surface area contributed by atoms with Gasteiger partial charge in [-0.1, -0.05) is 28.1 Å². The average molecular weight is 368 g/mol. The summed E-state index contributed by atoms with van der Waals surface area (Å²) in [7, 11) is 0. The lowest BCUT2D eigenvalue weighted by Crippen LogP contribution is -2.32. The van der Waals surface area contributed by atoms with Crippen molar-refractivity contribution in [3.05, 3.63) is 69.7 Å². The zero-order valence-corrected chi connectivity index (χ0v) is 13.7. The highest BCUT2D eigenvalue weighted by atomic mass is 79.9. The van der Waals surface area contributed by atoms with Crippen LogP contribution in [0.2, 0.25) is 0 Å². The number of benzene rings is 2. The number of nitrogens with zero attached hydrogens (tertiary/aromatic N) is 1. The van der Waals surface area contributed by atoms with Crippen molar-refractivity contribution in [1.29, 1.82) is 0 Å². The van der Waals surface area contributed by atoms with E-state index in [2.05, 4.69) is 15.9 Å². The number of carbonyl (C=O) groups is 1. The van der Waals surface area contributed by atoms with Gasteiger partial charge in [-0.3, -0.25) is 4.79 Å². The molecule has 0 aromatic heterocycles. The molecule has 22 heavy (non-hydrogen) atoms. The van der Waals surface area contributed by atoms with Gasteiger partial charge >= 0.3 is 0 Å². The fourth-order valence-corrected chi connectivity index (χ4v) is 2.59. The largest absolute Gasteiger partial charge is 0.338 e. The van der Waals surface area contributed by atoms with E-state index in [0.717, 1.165) is 4.47 Å². The highest BCUT2D eigenvalue weighted by Crippen LogP contribution is 2.18. The second-order valence-corrected chi connectivity index (χ2v) is 5.87. The summed E-state index contributed by atoms with van der Waals surface area (Å²) in [6.45, 7) is 2.48. The Morgan fingerprint density at radius 3 is 2.64 bits per heavy atom. The first-order chi connectivity index (χ1) is 10.5. The van der Waals surface area contributed by atoms with Crippen molar-refractivity contribution in [3.63, 3.8) is 0 Å². The molecule has 0 spiro atoms. The van der Waals surface area contributed by atoms with Crippen LogP contribution in [0.3, 0.4) is 0 Å². The number of amides is 1. The molecule has 0 atom stereocenters. The Labute approximate surface area is 136 Å². The van der Waals surface area contributed by atoms with Gasteiger partial charge < -0.3 is 4.90 Å². The van der Waals surface area contributed by atoms with Crippen molar-refractivity contribution in [3.8, 4) is 0 Å². The Bertz CT molecular complexity index is 675. The second kappa shape index (κ2) is 7.49. The SMILES string of the molecule is CCN(Cc1cc(Br)ccc1F)C(=O)Cc1cccc(F)c1. The molecule has 1 amide bonds. The first kappa shape index (κ1) is 16.6. The van der Waals surface area contributed by atoms with Gasteiger partial charge in [0, 0.05) is 23.1 Å². The van der Waals surface area contributed by atoms with E-state index in [0.29, 0.717) is 17.7 Å². The fourth-order valence-electron chi connectivity index (χ4n) is 2.18. The molecule has 2 aromatic carbocycles. The normalized spacial score (nSPS) is 10.5. The van der Waals surface area contributed by atoms with Gasteiger partial charge in [-0.2, -0.15) is 0 Å². The van der Waals surface area contributed by atoms with Gasteiger partial charge in [0.05, 0.1) is 6.42 Å². The first-order valence-electron chi connectivity index (χ1n) is 6.95. The summed E-state index contributed by atoms with van der Waals surface area (Å²) in [6.07, 6.45) is 0.0984. The number of hydrogen-bond acceptors (Lipinski definition) is 1. The molecule has 0 aliphatic carbocycles. The maximum atomic E-state index is 13.8. The molecule has 2 nitrogen and oxygen atoms in total. The van der Waals surface area contributed by atoms with Crippen LogP contribution in [-0.4, -0.2) is 17.4 Å². The molecule has 2 aromatic rings. The van der Waals surface area contributed by atoms with Gasteiger partial charge in [0.1, 0.15) is 11.6 Å². The Hall–Kier alpha value is -1.75. The predicted molar refractivity (Wildman–Crippen MR) is 85.3 cm³/mol. The van der Waals surface area contributed by atoms with E-state index >= 15 is 0 Å². The fraction of sp³-hybridized carbons (Fsp3) is 0.235. The molecule has 2 rings (SSSR count). The van der Waals surface area contributed by atoms with E-state index in [4.69, 9.17) is 0 Å². The van der Waals surface area contributed by atoms with E-state index in [9.17, 15) is 13.6 Å². The summed E-state index contributed by atoms with van der Waals surface area (Å²) in [5, 5.41) is 0. The second-order valence-electron chi connectivity index (χ2n) is 4.95. The van der Waals surface area contributed by atoms with Gasteiger partial charge in [-0.25, -0.2) is 8.78 Å². The lowest BCUT2D eigenvalue weighted by molar-refractivity contribution is -0.130. The summed E-state index contributed by atoms with van der Waals surface area (Å²) in [6, 6.07) is 10.6. The molecule has 116 valence electrons. The third kappa shape index (κ3) is 4.37. The van der Waals surface area contributed by atoms with E-state index in [1.54, 1.807) is 29.2 Å². The van der Waals surface area contributed by atoms with Gasteiger partial charge in [0.25, 0.3) is 0 Å². The van der Waals surface area contributed by atoms with Gasteiger partial charge in [-0.15, -0.1) is 0 Å².